The van der Waals surface area contributed by atoms with E-state index < -0.39 is 0 Å². The van der Waals surface area contributed by atoms with Crippen molar-refractivity contribution in [3.05, 3.63) is 17.6 Å². The number of aromatic nitrogens is 2. The van der Waals surface area contributed by atoms with E-state index >= 15 is 0 Å². The summed E-state index contributed by atoms with van der Waals surface area (Å²) in [7, 11) is 1.71. The van der Waals surface area contributed by atoms with Crippen molar-refractivity contribution in [2.24, 2.45) is 5.92 Å². The van der Waals surface area contributed by atoms with Gasteiger partial charge in [-0.2, -0.15) is 0 Å². The second kappa shape index (κ2) is 4.26. The van der Waals surface area contributed by atoms with Crippen LogP contribution in [-0.4, -0.2) is 17.1 Å². The van der Waals surface area contributed by atoms with Gasteiger partial charge in [0.1, 0.15) is 11.9 Å². The predicted octanol–water partition coefficient (Wildman–Crippen LogP) is 2.45. The van der Waals surface area contributed by atoms with Gasteiger partial charge < -0.3 is 10.5 Å². The first-order valence-corrected chi connectivity index (χ1v) is 6.09. The first kappa shape index (κ1) is 12.3. The molecule has 2 N–H and O–H groups in total. The monoisotopic (exact) mass is 235 g/mol. The van der Waals surface area contributed by atoms with Crippen LogP contribution in [0.3, 0.4) is 0 Å². The molecule has 1 aromatic rings. The quantitative estimate of drug-likeness (QED) is 0.874. The van der Waals surface area contributed by atoms with Crippen LogP contribution in [0.15, 0.2) is 6.07 Å². The highest BCUT2D eigenvalue weighted by Gasteiger charge is 2.35. The normalized spacial score (nSPS) is 18.1. The number of hydrogen-bond acceptors (Lipinski definition) is 4. The largest absolute Gasteiger partial charge is 0.384 e. The van der Waals surface area contributed by atoms with E-state index in [4.69, 9.17) is 10.5 Å². The molecule has 1 saturated carbocycles. The first-order chi connectivity index (χ1) is 7.91. The fourth-order valence-electron chi connectivity index (χ4n) is 1.90. The van der Waals surface area contributed by atoms with E-state index in [1.807, 2.05) is 6.07 Å². The number of methoxy groups -OCH3 is 1. The Balaban J connectivity index is 2.36. The highest BCUT2D eigenvalue weighted by atomic mass is 16.5. The molecule has 0 aliphatic heterocycles. The van der Waals surface area contributed by atoms with Gasteiger partial charge in [0.15, 0.2) is 5.82 Å². The molecule has 4 heteroatoms. The maximum absolute atomic E-state index is 5.86. The van der Waals surface area contributed by atoms with Gasteiger partial charge >= 0.3 is 0 Å². The molecule has 0 amide bonds. The average molecular weight is 235 g/mol. The van der Waals surface area contributed by atoms with Crippen LogP contribution in [0.4, 0.5) is 5.82 Å². The van der Waals surface area contributed by atoms with Gasteiger partial charge in [0.2, 0.25) is 0 Å². The van der Waals surface area contributed by atoms with Gasteiger partial charge in [-0.25, -0.2) is 9.97 Å². The van der Waals surface area contributed by atoms with Crippen LogP contribution in [0.1, 0.15) is 51.2 Å². The zero-order valence-electron chi connectivity index (χ0n) is 11.0. The third-order valence-corrected chi connectivity index (χ3v) is 3.09. The Morgan fingerprint density at radius 3 is 2.47 bits per heavy atom. The van der Waals surface area contributed by atoms with Crippen LogP contribution in [0, 0.1) is 5.92 Å². The van der Waals surface area contributed by atoms with E-state index in [1.165, 1.54) is 12.8 Å². The molecule has 1 heterocycles. The molecule has 1 atom stereocenters. The van der Waals surface area contributed by atoms with E-state index in [1.54, 1.807) is 7.11 Å². The summed E-state index contributed by atoms with van der Waals surface area (Å²) in [6.07, 6.45) is 2.39. The number of hydrogen-bond donors (Lipinski definition) is 1. The number of rotatable bonds is 3. The smallest absolute Gasteiger partial charge is 0.160 e. The van der Waals surface area contributed by atoms with Gasteiger partial charge in [0.05, 0.1) is 5.69 Å². The molecule has 0 bridgehead atoms. The average Bonchev–Trinajstić information content (AvgIpc) is 3.01. The van der Waals surface area contributed by atoms with Crippen molar-refractivity contribution >= 4 is 5.82 Å². The number of nitrogens with zero attached hydrogens (tertiary/aromatic N) is 2. The Labute approximate surface area is 103 Å². The van der Waals surface area contributed by atoms with Crippen LogP contribution in [0.5, 0.6) is 0 Å². The summed E-state index contributed by atoms with van der Waals surface area (Å²) >= 11 is 0. The lowest BCUT2D eigenvalue weighted by Gasteiger charge is -2.21. The minimum atomic E-state index is -0.0202. The molecule has 0 radical (unpaired) electrons. The molecular weight excluding hydrogens is 214 g/mol. The van der Waals surface area contributed by atoms with Crippen molar-refractivity contribution in [3.8, 4) is 0 Å². The van der Waals surface area contributed by atoms with Crippen molar-refractivity contribution in [1.82, 2.24) is 9.97 Å². The number of nitrogen functional groups attached to an aromatic ring is 1. The van der Waals surface area contributed by atoms with Gasteiger partial charge in [-0.3, -0.25) is 0 Å². The number of anilines is 1. The standard InChI is InChI=1S/C13H21N3O/c1-13(2,3)9-7-10(14)16-12(15-9)11(17-4)8-5-6-8/h7-8,11H,5-6H2,1-4H3,(H2,14,15,16). The lowest BCUT2D eigenvalue weighted by atomic mass is 9.92. The van der Waals surface area contributed by atoms with Gasteiger partial charge in [-0.05, 0) is 18.8 Å². The zero-order valence-corrected chi connectivity index (χ0v) is 11.0. The van der Waals surface area contributed by atoms with E-state index in [0.717, 1.165) is 11.5 Å². The van der Waals surface area contributed by atoms with Crippen molar-refractivity contribution < 1.29 is 4.74 Å². The Morgan fingerprint density at radius 2 is 2.00 bits per heavy atom. The van der Waals surface area contributed by atoms with Crippen LogP contribution >= 0.6 is 0 Å². The summed E-state index contributed by atoms with van der Waals surface area (Å²) in [5.41, 5.74) is 6.82. The minimum absolute atomic E-state index is 0.000370. The summed E-state index contributed by atoms with van der Waals surface area (Å²) in [6, 6.07) is 1.85. The number of nitrogens with two attached hydrogens (primary N) is 1. The second-order valence-electron chi connectivity index (χ2n) is 5.78. The summed E-state index contributed by atoms with van der Waals surface area (Å²) in [5, 5.41) is 0. The Kier molecular flexibility index (Phi) is 3.08. The van der Waals surface area contributed by atoms with Crippen LogP contribution in [0.2, 0.25) is 0 Å². The molecule has 0 spiro atoms. The zero-order chi connectivity index (χ0) is 12.6. The highest BCUT2D eigenvalue weighted by molar-refractivity contribution is 5.33. The van der Waals surface area contributed by atoms with Gasteiger partial charge in [0.25, 0.3) is 0 Å². The fraction of sp³-hybridized carbons (Fsp3) is 0.692. The molecule has 1 aliphatic carbocycles. The summed E-state index contributed by atoms with van der Waals surface area (Å²) in [5.74, 6) is 1.83. The van der Waals surface area contributed by atoms with Crippen LogP contribution in [0.25, 0.3) is 0 Å². The molecule has 1 aromatic heterocycles. The summed E-state index contributed by atoms with van der Waals surface area (Å²) in [4.78, 5) is 8.94. The number of ether oxygens (including phenoxy) is 1. The van der Waals surface area contributed by atoms with Crippen molar-refractivity contribution in [2.45, 2.75) is 45.1 Å². The Morgan fingerprint density at radius 1 is 1.35 bits per heavy atom. The maximum atomic E-state index is 5.86. The lowest BCUT2D eigenvalue weighted by Crippen LogP contribution is -2.19. The van der Waals surface area contributed by atoms with Crippen molar-refractivity contribution in [2.75, 3.05) is 12.8 Å². The molecule has 17 heavy (non-hydrogen) atoms. The van der Waals surface area contributed by atoms with E-state index in [9.17, 15) is 0 Å². The molecule has 1 aliphatic rings. The Bertz CT molecular complexity index is 408. The summed E-state index contributed by atoms with van der Waals surface area (Å²) in [6.45, 7) is 6.37. The molecule has 0 aromatic carbocycles. The van der Waals surface area contributed by atoms with E-state index in [-0.39, 0.29) is 11.5 Å². The van der Waals surface area contributed by atoms with Crippen LogP contribution < -0.4 is 5.73 Å². The predicted molar refractivity (Wildman–Crippen MR) is 67.6 cm³/mol. The third kappa shape index (κ3) is 2.75. The molecule has 0 saturated heterocycles. The van der Waals surface area contributed by atoms with Crippen molar-refractivity contribution in [1.29, 1.82) is 0 Å². The van der Waals surface area contributed by atoms with E-state index in [2.05, 4.69) is 30.7 Å². The maximum Gasteiger partial charge on any atom is 0.160 e. The Hall–Kier alpha value is -1.16. The molecule has 94 valence electrons. The SMILES string of the molecule is COC(c1nc(N)cc(C(C)(C)C)n1)C1CC1. The van der Waals surface area contributed by atoms with Crippen LogP contribution in [-0.2, 0) is 10.2 Å². The third-order valence-electron chi connectivity index (χ3n) is 3.09. The van der Waals surface area contributed by atoms with Gasteiger partial charge in [0, 0.05) is 18.6 Å². The van der Waals surface area contributed by atoms with Crippen molar-refractivity contribution in [3.63, 3.8) is 0 Å². The topological polar surface area (TPSA) is 61.0 Å². The minimum Gasteiger partial charge on any atom is -0.384 e. The molecule has 4 nitrogen and oxygen atoms in total. The molecule has 2 rings (SSSR count). The fourth-order valence-corrected chi connectivity index (χ4v) is 1.90. The highest BCUT2D eigenvalue weighted by Crippen LogP contribution is 2.42. The molecular formula is C13H21N3O. The first-order valence-electron chi connectivity index (χ1n) is 6.09. The van der Waals surface area contributed by atoms with E-state index in [0.29, 0.717) is 11.7 Å². The lowest BCUT2D eigenvalue weighted by molar-refractivity contribution is 0.0769. The van der Waals surface area contributed by atoms with Gasteiger partial charge in [-0.15, -0.1) is 0 Å². The van der Waals surface area contributed by atoms with Gasteiger partial charge in [-0.1, -0.05) is 20.8 Å². The molecule has 1 unspecified atom stereocenters. The molecule has 1 fully saturated rings. The second-order valence-corrected chi connectivity index (χ2v) is 5.78. The summed E-state index contributed by atoms with van der Waals surface area (Å²) < 4.78 is 5.50.